The Labute approximate surface area is 170 Å². The molecule has 4 rings (SSSR count). The van der Waals surface area contributed by atoms with E-state index in [2.05, 4.69) is 39.4 Å². The summed E-state index contributed by atoms with van der Waals surface area (Å²) in [5.41, 5.74) is 5.34. The lowest BCUT2D eigenvalue weighted by Crippen LogP contribution is -2.30. The van der Waals surface area contributed by atoms with Gasteiger partial charge >= 0.3 is 0 Å². The Balaban J connectivity index is 1.41. The molecule has 0 fully saturated rings. The van der Waals surface area contributed by atoms with Gasteiger partial charge in [0.1, 0.15) is 0 Å². The average Bonchev–Trinajstić information content (AvgIpc) is 3.45. The summed E-state index contributed by atoms with van der Waals surface area (Å²) in [6.07, 6.45) is 2.85. The number of aryl methyl sites for hydroxylation is 1. The van der Waals surface area contributed by atoms with E-state index in [0.717, 1.165) is 28.2 Å². The number of carbonyl (C=O) groups is 1. The van der Waals surface area contributed by atoms with Crippen LogP contribution >= 0.6 is 0 Å². The first-order chi connectivity index (χ1) is 14.3. The van der Waals surface area contributed by atoms with Crippen molar-refractivity contribution in [2.75, 3.05) is 0 Å². The van der Waals surface area contributed by atoms with E-state index in [4.69, 9.17) is 0 Å². The minimum absolute atomic E-state index is 0.124. The van der Waals surface area contributed by atoms with Gasteiger partial charge < -0.3 is 9.88 Å². The van der Waals surface area contributed by atoms with Crippen molar-refractivity contribution in [3.05, 3.63) is 102 Å². The van der Waals surface area contributed by atoms with E-state index in [-0.39, 0.29) is 5.91 Å². The zero-order valence-corrected chi connectivity index (χ0v) is 16.2. The zero-order valence-electron chi connectivity index (χ0n) is 16.2. The van der Waals surface area contributed by atoms with Gasteiger partial charge in [0.15, 0.2) is 0 Å². The fourth-order valence-electron chi connectivity index (χ4n) is 3.39. The van der Waals surface area contributed by atoms with Gasteiger partial charge in [-0.15, -0.1) is 0 Å². The maximum absolute atomic E-state index is 13.0. The highest BCUT2D eigenvalue weighted by atomic mass is 16.2. The maximum Gasteiger partial charge on any atom is 0.223 e. The molecule has 2 aromatic heterocycles. The number of aromatic amines is 2. The molecular weight excluding hydrogens is 360 g/mol. The topological polar surface area (TPSA) is 64.8 Å². The van der Waals surface area contributed by atoms with E-state index in [9.17, 15) is 4.79 Å². The number of nitrogens with one attached hydrogen (secondary N) is 2. The summed E-state index contributed by atoms with van der Waals surface area (Å²) in [6, 6.07) is 26.3. The quantitative estimate of drug-likeness (QED) is 0.467. The van der Waals surface area contributed by atoms with Gasteiger partial charge in [-0.25, -0.2) is 0 Å². The van der Waals surface area contributed by atoms with Crippen molar-refractivity contribution < 1.29 is 4.79 Å². The summed E-state index contributed by atoms with van der Waals surface area (Å²) in [6.45, 7) is 1.10. The van der Waals surface area contributed by atoms with Crippen LogP contribution in [0.15, 0.2) is 85.1 Å². The number of hydrogen-bond acceptors (Lipinski definition) is 2. The van der Waals surface area contributed by atoms with Crippen LogP contribution in [0.5, 0.6) is 0 Å². The third kappa shape index (κ3) is 5.02. The highest BCUT2D eigenvalue weighted by Crippen LogP contribution is 2.19. The molecule has 5 heteroatoms. The number of H-pyrrole nitrogens is 2. The highest BCUT2D eigenvalue weighted by molar-refractivity contribution is 5.76. The first-order valence-electron chi connectivity index (χ1n) is 9.81. The van der Waals surface area contributed by atoms with Crippen LogP contribution in [0, 0.1) is 0 Å². The molecule has 5 nitrogen and oxygen atoms in total. The first-order valence-corrected chi connectivity index (χ1v) is 9.81. The van der Waals surface area contributed by atoms with Crippen molar-refractivity contribution >= 4 is 5.91 Å². The van der Waals surface area contributed by atoms with Gasteiger partial charge in [0.05, 0.1) is 12.2 Å². The fourth-order valence-corrected chi connectivity index (χ4v) is 3.39. The molecule has 4 aromatic rings. The number of amides is 1. The van der Waals surface area contributed by atoms with Gasteiger partial charge in [-0.05, 0) is 35.7 Å². The average molecular weight is 384 g/mol. The Bertz CT molecular complexity index is 1020. The molecule has 0 spiro atoms. The summed E-state index contributed by atoms with van der Waals surface area (Å²) >= 11 is 0. The molecule has 0 aliphatic heterocycles. The van der Waals surface area contributed by atoms with Crippen LogP contribution in [0.3, 0.4) is 0 Å². The summed E-state index contributed by atoms with van der Waals surface area (Å²) in [7, 11) is 0. The van der Waals surface area contributed by atoms with Gasteiger partial charge in [0, 0.05) is 30.6 Å². The Morgan fingerprint density at radius 3 is 2.31 bits per heavy atom. The van der Waals surface area contributed by atoms with E-state index in [1.165, 1.54) is 0 Å². The zero-order chi connectivity index (χ0) is 19.9. The summed E-state index contributed by atoms with van der Waals surface area (Å²) in [5.74, 6) is 0.124. The molecule has 146 valence electrons. The molecule has 0 saturated carbocycles. The molecule has 0 aliphatic rings. The molecule has 0 aliphatic carbocycles. The lowest BCUT2D eigenvalue weighted by atomic mass is 10.1. The predicted molar refractivity (Wildman–Crippen MR) is 114 cm³/mol. The maximum atomic E-state index is 13.0. The van der Waals surface area contributed by atoms with Crippen molar-refractivity contribution in [2.45, 2.75) is 25.9 Å². The molecule has 29 heavy (non-hydrogen) atoms. The molecule has 0 atom stereocenters. The largest absolute Gasteiger partial charge is 0.358 e. The minimum atomic E-state index is 0.124. The smallest absolute Gasteiger partial charge is 0.223 e. The minimum Gasteiger partial charge on any atom is -0.358 e. The lowest BCUT2D eigenvalue weighted by molar-refractivity contribution is -0.132. The molecule has 0 radical (unpaired) electrons. The van der Waals surface area contributed by atoms with Crippen molar-refractivity contribution in [3.63, 3.8) is 0 Å². The molecule has 0 bridgehead atoms. The fraction of sp³-hybridized carbons (Fsp3) is 0.167. The Hall–Kier alpha value is -3.60. The molecular formula is C24H24N4O. The van der Waals surface area contributed by atoms with Crippen LogP contribution in [0.4, 0.5) is 0 Å². The Morgan fingerprint density at radius 1 is 0.828 bits per heavy atom. The van der Waals surface area contributed by atoms with Gasteiger partial charge in [-0.3, -0.25) is 9.89 Å². The molecule has 2 N–H and O–H groups in total. The van der Waals surface area contributed by atoms with Crippen LogP contribution in [0.2, 0.25) is 0 Å². The van der Waals surface area contributed by atoms with Crippen LogP contribution in [-0.2, 0) is 24.3 Å². The molecule has 2 aromatic carbocycles. The van der Waals surface area contributed by atoms with Crippen LogP contribution in [0.1, 0.15) is 23.4 Å². The number of nitrogens with zero attached hydrogens (tertiary/aromatic N) is 2. The third-order valence-corrected chi connectivity index (χ3v) is 4.93. The normalized spacial score (nSPS) is 10.8. The first kappa shape index (κ1) is 18.7. The van der Waals surface area contributed by atoms with E-state index >= 15 is 0 Å². The van der Waals surface area contributed by atoms with Crippen molar-refractivity contribution in [1.29, 1.82) is 0 Å². The van der Waals surface area contributed by atoms with Crippen molar-refractivity contribution in [3.8, 4) is 11.3 Å². The second-order valence-corrected chi connectivity index (χ2v) is 7.08. The standard InChI is InChI=1S/C24H24N4O/c29-24(14-12-21-11-13-23(26-21)20-9-5-2-6-10-20)28(18-22-15-16-25-27-22)17-19-7-3-1-4-8-19/h1-11,13,15-16,26H,12,14,17-18H2,(H,25,27). The van der Waals surface area contributed by atoms with Gasteiger partial charge in [-0.1, -0.05) is 60.7 Å². The number of carbonyl (C=O) groups excluding carboxylic acids is 1. The monoisotopic (exact) mass is 384 g/mol. The van der Waals surface area contributed by atoms with Gasteiger partial charge in [-0.2, -0.15) is 5.10 Å². The van der Waals surface area contributed by atoms with Gasteiger partial charge in [0.25, 0.3) is 0 Å². The van der Waals surface area contributed by atoms with Crippen LogP contribution in [0.25, 0.3) is 11.3 Å². The van der Waals surface area contributed by atoms with Crippen molar-refractivity contribution in [2.24, 2.45) is 0 Å². The number of benzene rings is 2. The number of rotatable bonds is 8. The van der Waals surface area contributed by atoms with E-state index < -0.39 is 0 Å². The van der Waals surface area contributed by atoms with Crippen LogP contribution in [-0.4, -0.2) is 26.0 Å². The lowest BCUT2D eigenvalue weighted by Gasteiger charge is -2.22. The second-order valence-electron chi connectivity index (χ2n) is 7.08. The third-order valence-electron chi connectivity index (χ3n) is 4.93. The predicted octanol–water partition coefficient (Wildman–Crippen LogP) is 4.57. The molecule has 2 heterocycles. The van der Waals surface area contributed by atoms with Crippen molar-refractivity contribution in [1.82, 2.24) is 20.1 Å². The SMILES string of the molecule is O=C(CCc1ccc(-c2ccccc2)[nH]1)N(Cc1ccccc1)Cc1ccn[nH]1. The highest BCUT2D eigenvalue weighted by Gasteiger charge is 2.16. The summed E-state index contributed by atoms with van der Waals surface area (Å²) in [5, 5.41) is 6.95. The van der Waals surface area contributed by atoms with E-state index in [1.54, 1.807) is 6.20 Å². The van der Waals surface area contributed by atoms with Gasteiger partial charge in [0.2, 0.25) is 5.91 Å². The van der Waals surface area contributed by atoms with E-state index in [1.807, 2.05) is 59.5 Å². The Morgan fingerprint density at radius 2 is 1.59 bits per heavy atom. The van der Waals surface area contributed by atoms with Crippen LogP contribution < -0.4 is 0 Å². The second kappa shape index (κ2) is 9.06. The Kier molecular flexibility index (Phi) is 5.86. The molecule has 0 saturated heterocycles. The summed E-state index contributed by atoms with van der Waals surface area (Å²) < 4.78 is 0. The number of aromatic nitrogens is 3. The number of hydrogen-bond donors (Lipinski definition) is 2. The summed E-state index contributed by atoms with van der Waals surface area (Å²) in [4.78, 5) is 18.3. The molecule has 0 unspecified atom stereocenters. The molecule has 1 amide bonds. The van der Waals surface area contributed by atoms with E-state index in [0.29, 0.717) is 25.9 Å².